The first-order chi connectivity index (χ1) is 18.5. The van der Waals surface area contributed by atoms with Gasteiger partial charge in [0.1, 0.15) is 11.8 Å². The number of para-hydroxylation sites is 1. The van der Waals surface area contributed by atoms with Crippen LogP contribution < -0.4 is 16.0 Å². The van der Waals surface area contributed by atoms with Crippen LogP contribution >= 0.6 is 0 Å². The first-order valence-electron chi connectivity index (χ1n) is 13.5. The van der Waals surface area contributed by atoms with Crippen molar-refractivity contribution in [3.05, 3.63) is 65.7 Å². The van der Waals surface area contributed by atoms with E-state index in [1.807, 2.05) is 44.2 Å². The van der Waals surface area contributed by atoms with Gasteiger partial charge in [-0.2, -0.15) is 0 Å². The highest BCUT2D eigenvalue weighted by molar-refractivity contribution is 6.00. The van der Waals surface area contributed by atoms with E-state index in [0.717, 1.165) is 5.56 Å². The molecular formula is C30H39N3O6. The van der Waals surface area contributed by atoms with Crippen LogP contribution in [-0.2, 0) is 20.8 Å². The van der Waals surface area contributed by atoms with Crippen molar-refractivity contribution in [2.75, 3.05) is 0 Å². The Morgan fingerprint density at radius 2 is 1.64 bits per heavy atom. The maximum absolute atomic E-state index is 13.7. The summed E-state index contributed by atoms with van der Waals surface area (Å²) in [6.45, 7) is 7.03. The van der Waals surface area contributed by atoms with E-state index in [-0.39, 0.29) is 35.9 Å². The lowest BCUT2D eigenvalue weighted by molar-refractivity contribution is -0.136. The van der Waals surface area contributed by atoms with Crippen molar-refractivity contribution in [2.24, 2.45) is 17.8 Å². The Bertz CT molecular complexity index is 1170. The van der Waals surface area contributed by atoms with Crippen LogP contribution in [0.5, 0.6) is 5.75 Å². The molecule has 0 aromatic heterocycles. The van der Waals surface area contributed by atoms with Gasteiger partial charge in [-0.15, -0.1) is 0 Å². The molecule has 1 fully saturated rings. The standard InChI is InChI=1S/C30H39N3O6/c1-5-17(2)25-24(35)15-18(3)26(33-29(38)21-13-9-10-14-23(21)34)30(39)31-22(16-20-11-7-6-8-12-20)27(36)19(4)28(37)32-25/h6-14,17-19,22,25-27,34,36H,5,15-16H2,1-4H3,(H,31,39)(H,32,37)(H,33,38)/t17?,18-,19+,22-,25?,26-,27-/m0/s1. The molecule has 1 saturated heterocycles. The molecule has 2 unspecified atom stereocenters. The summed E-state index contributed by atoms with van der Waals surface area (Å²) in [7, 11) is 0. The van der Waals surface area contributed by atoms with Crippen molar-refractivity contribution in [3.8, 4) is 5.75 Å². The molecular weight excluding hydrogens is 498 g/mol. The zero-order valence-corrected chi connectivity index (χ0v) is 22.9. The van der Waals surface area contributed by atoms with Crippen molar-refractivity contribution < 1.29 is 29.4 Å². The van der Waals surface area contributed by atoms with E-state index < -0.39 is 53.8 Å². The Hall–Kier alpha value is -3.72. The highest BCUT2D eigenvalue weighted by Gasteiger charge is 2.39. The Balaban J connectivity index is 2.00. The molecule has 39 heavy (non-hydrogen) atoms. The van der Waals surface area contributed by atoms with Crippen LogP contribution in [-0.4, -0.2) is 57.9 Å². The smallest absolute Gasteiger partial charge is 0.255 e. The van der Waals surface area contributed by atoms with Crippen LogP contribution in [0.2, 0.25) is 0 Å². The van der Waals surface area contributed by atoms with Crippen molar-refractivity contribution in [2.45, 2.75) is 71.2 Å². The molecule has 0 aliphatic carbocycles. The summed E-state index contributed by atoms with van der Waals surface area (Å²) in [6, 6.07) is 12.4. The molecule has 1 aliphatic rings. The van der Waals surface area contributed by atoms with Crippen LogP contribution in [0.15, 0.2) is 54.6 Å². The SMILES string of the molecule is CCC(C)C1NC(=O)[C@H](C)[C@H](O)[C@H](Cc2ccccc2)NC(=O)[C@@H](NC(=O)c2ccccc2O)[C@@H](C)CC1=O. The molecule has 1 heterocycles. The molecule has 210 valence electrons. The number of aliphatic hydroxyl groups is 1. The molecule has 3 amide bonds. The first kappa shape index (κ1) is 29.8. The number of hydrogen-bond donors (Lipinski definition) is 5. The molecule has 3 rings (SSSR count). The van der Waals surface area contributed by atoms with E-state index >= 15 is 0 Å². The van der Waals surface area contributed by atoms with Crippen LogP contribution in [0.4, 0.5) is 0 Å². The number of hydrogen-bond acceptors (Lipinski definition) is 6. The van der Waals surface area contributed by atoms with Crippen LogP contribution in [0.1, 0.15) is 56.5 Å². The van der Waals surface area contributed by atoms with Crippen molar-refractivity contribution >= 4 is 23.5 Å². The van der Waals surface area contributed by atoms with Gasteiger partial charge in [-0.1, -0.05) is 76.6 Å². The van der Waals surface area contributed by atoms with Crippen LogP contribution in [0.3, 0.4) is 0 Å². The number of aromatic hydroxyl groups is 1. The molecule has 9 heteroatoms. The maximum atomic E-state index is 13.7. The highest BCUT2D eigenvalue weighted by Crippen LogP contribution is 2.22. The van der Waals surface area contributed by atoms with Gasteiger partial charge in [0, 0.05) is 6.42 Å². The third-order valence-electron chi connectivity index (χ3n) is 7.63. The van der Waals surface area contributed by atoms with Gasteiger partial charge in [0.2, 0.25) is 11.8 Å². The topological polar surface area (TPSA) is 145 Å². The monoisotopic (exact) mass is 537 g/mol. The lowest BCUT2D eigenvalue weighted by Crippen LogP contribution is -2.59. The number of carbonyl (C=O) groups is 4. The maximum Gasteiger partial charge on any atom is 0.255 e. The minimum atomic E-state index is -1.27. The Labute approximate surface area is 229 Å². The largest absolute Gasteiger partial charge is 0.507 e. The van der Waals surface area contributed by atoms with Crippen molar-refractivity contribution in [1.29, 1.82) is 0 Å². The third kappa shape index (κ3) is 7.44. The number of amides is 3. The summed E-state index contributed by atoms with van der Waals surface area (Å²) in [6.07, 6.45) is -0.472. The summed E-state index contributed by atoms with van der Waals surface area (Å²) in [5.41, 5.74) is 0.839. The van der Waals surface area contributed by atoms with Gasteiger partial charge >= 0.3 is 0 Å². The fraction of sp³-hybridized carbons (Fsp3) is 0.467. The predicted molar refractivity (Wildman–Crippen MR) is 147 cm³/mol. The van der Waals surface area contributed by atoms with Gasteiger partial charge in [-0.05, 0) is 36.0 Å². The fourth-order valence-corrected chi connectivity index (χ4v) is 4.87. The van der Waals surface area contributed by atoms with E-state index in [4.69, 9.17) is 0 Å². The second-order valence-electron chi connectivity index (χ2n) is 10.6. The molecule has 7 atom stereocenters. The van der Waals surface area contributed by atoms with E-state index in [9.17, 15) is 29.4 Å². The molecule has 5 N–H and O–H groups in total. The highest BCUT2D eigenvalue weighted by atomic mass is 16.3. The van der Waals surface area contributed by atoms with Crippen LogP contribution in [0.25, 0.3) is 0 Å². The van der Waals surface area contributed by atoms with Gasteiger partial charge in [0.25, 0.3) is 5.91 Å². The molecule has 0 saturated carbocycles. The third-order valence-corrected chi connectivity index (χ3v) is 7.63. The number of nitrogens with one attached hydrogen (secondary N) is 3. The van der Waals surface area contributed by atoms with Gasteiger partial charge in [-0.25, -0.2) is 0 Å². The number of aliphatic hydroxyl groups excluding tert-OH is 1. The minimum absolute atomic E-state index is 0.00539. The normalized spacial score (nSPS) is 27.4. The Kier molecular flexibility index (Phi) is 10.2. The number of Topliss-reactive ketones (excluding diaryl/α,β-unsaturated/α-hetero) is 1. The fourth-order valence-electron chi connectivity index (χ4n) is 4.87. The molecule has 0 bridgehead atoms. The molecule has 9 nitrogen and oxygen atoms in total. The molecule has 0 radical (unpaired) electrons. The number of phenols is 1. The van der Waals surface area contributed by atoms with E-state index in [0.29, 0.717) is 6.42 Å². The van der Waals surface area contributed by atoms with Crippen molar-refractivity contribution in [1.82, 2.24) is 16.0 Å². The zero-order valence-electron chi connectivity index (χ0n) is 22.9. The summed E-state index contributed by atoms with van der Waals surface area (Å²) in [5, 5.41) is 29.8. The van der Waals surface area contributed by atoms with Crippen LogP contribution in [0, 0.1) is 17.8 Å². The average molecular weight is 538 g/mol. The first-order valence-corrected chi connectivity index (χ1v) is 13.5. The quantitative estimate of drug-likeness (QED) is 0.383. The Morgan fingerprint density at radius 1 is 1.00 bits per heavy atom. The summed E-state index contributed by atoms with van der Waals surface area (Å²) >= 11 is 0. The summed E-state index contributed by atoms with van der Waals surface area (Å²) < 4.78 is 0. The predicted octanol–water partition coefficient (Wildman–Crippen LogP) is 2.35. The molecule has 0 spiro atoms. The number of benzene rings is 2. The Morgan fingerprint density at radius 3 is 2.28 bits per heavy atom. The number of phenolic OH excluding ortho intramolecular Hbond substituents is 1. The van der Waals surface area contributed by atoms with Gasteiger partial charge < -0.3 is 26.2 Å². The second kappa shape index (κ2) is 13.4. The van der Waals surface area contributed by atoms with Crippen molar-refractivity contribution in [3.63, 3.8) is 0 Å². The number of ketones is 1. The zero-order chi connectivity index (χ0) is 28.7. The van der Waals surface area contributed by atoms with Gasteiger partial charge in [0.05, 0.1) is 29.7 Å². The van der Waals surface area contributed by atoms with Gasteiger partial charge in [-0.3, -0.25) is 19.2 Å². The molecule has 1 aliphatic heterocycles. The van der Waals surface area contributed by atoms with E-state index in [1.54, 1.807) is 26.0 Å². The lowest BCUT2D eigenvalue weighted by Gasteiger charge is -2.34. The summed E-state index contributed by atoms with van der Waals surface area (Å²) in [4.78, 5) is 53.3. The second-order valence-corrected chi connectivity index (χ2v) is 10.6. The summed E-state index contributed by atoms with van der Waals surface area (Å²) in [5.74, 6) is -3.98. The number of carbonyl (C=O) groups excluding carboxylic acids is 4. The molecule has 2 aromatic rings. The lowest BCUT2D eigenvalue weighted by atomic mass is 9.85. The van der Waals surface area contributed by atoms with E-state index in [2.05, 4.69) is 16.0 Å². The van der Waals surface area contributed by atoms with Gasteiger partial charge in [0.15, 0.2) is 5.78 Å². The van der Waals surface area contributed by atoms with E-state index in [1.165, 1.54) is 12.1 Å². The average Bonchev–Trinajstić information content (AvgIpc) is 2.92. The molecule has 2 aromatic carbocycles. The minimum Gasteiger partial charge on any atom is -0.507 e. The number of rotatable bonds is 6.